The van der Waals surface area contributed by atoms with E-state index in [0.29, 0.717) is 58.7 Å². The quantitative estimate of drug-likeness (QED) is 0.262. The molecular weight excluding hydrogens is 510 g/mol. The Bertz CT molecular complexity index is 1350. The van der Waals surface area contributed by atoms with Gasteiger partial charge in [0.25, 0.3) is 0 Å². The van der Waals surface area contributed by atoms with Gasteiger partial charge in [0.2, 0.25) is 5.91 Å². The minimum Gasteiger partial charge on any atom is -0.491 e. The Balaban J connectivity index is 1.48. The highest BCUT2D eigenvalue weighted by atomic mass is 35.5. The number of carbonyl (C=O) groups excluding carboxylic acids is 1. The van der Waals surface area contributed by atoms with Crippen LogP contribution < -0.4 is 14.8 Å². The molecule has 2 aromatic heterocycles. The lowest BCUT2D eigenvalue weighted by Crippen LogP contribution is -2.38. The number of aliphatic hydroxyl groups is 1. The van der Waals surface area contributed by atoms with Gasteiger partial charge >= 0.3 is 0 Å². The van der Waals surface area contributed by atoms with Crippen LogP contribution in [-0.2, 0) is 16.1 Å². The maximum absolute atomic E-state index is 12.0. The Morgan fingerprint density at radius 1 is 1.00 bits per heavy atom. The summed E-state index contributed by atoms with van der Waals surface area (Å²) in [5, 5.41) is 13.6. The summed E-state index contributed by atoms with van der Waals surface area (Å²) >= 11 is 6.48. The second-order valence-electron chi connectivity index (χ2n) is 8.13. The Hall–Kier alpha value is -3.99. The van der Waals surface area contributed by atoms with E-state index in [2.05, 4.69) is 20.3 Å². The molecule has 0 aliphatic rings. The van der Waals surface area contributed by atoms with Gasteiger partial charge in [-0.25, -0.2) is 9.97 Å². The fraction of sp³-hybridized carbons (Fsp3) is 0.259. The number of halogens is 1. The van der Waals surface area contributed by atoms with Gasteiger partial charge in [-0.05, 0) is 42.5 Å². The molecule has 0 saturated heterocycles. The van der Waals surface area contributed by atoms with Gasteiger partial charge in [-0.2, -0.15) is 0 Å². The maximum atomic E-state index is 12.0. The number of ether oxygens (including phenoxy) is 3. The van der Waals surface area contributed by atoms with E-state index in [1.807, 2.05) is 42.5 Å². The molecule has 1 amide bonds. The molecular formula is C27H28ClN5O5. The van der Waals surface area contributed by atoms with Crippen LogP contribution in [0.5, 0.6) is 11.5 Å². The van der Waals surface area contributed by atoms with Crippen molar-refractivity contribution in [2.45, 2.75) is 6.61 Å². The molecule has 4 rings (SSSR count). The van der Waals surface area contributed by atoms with Crippen LogP contribution in [0, 0.1) is 0 Å². The summed E-state index contributed by atoms with van der Waals surface area (Å²) < 4.78 is 16.9. The second kappa shape index (κ2) is 13.5. The van der Waals surface area contributed by atoms with Crippen molar-refractivity contribution in [1.29, 1.82) is 0 Å². The topological polar surface area (TPSA) is 119 Å². The summed E-state index contributed by atoms with van der Waals surface area (Å²) in [4.78, 5) is 26.5. The third kappa shape index (κ3) is 7.06. The third-order valence-electron chi connectivity index (χ3n) is 5.59. The van der Waals surface area contributed by atoms with E-state index in [-0.39, 0.29) is 13.2 Å². The van der Waals surface area contributed by atoms with Gasteiger partial charge < -0.3 is 29.5 Å². The van der Waals surface area contributed by atoms with Crippen molar-refractivity contribution in [1.82, 2.24) is 19.9 Å². The molecule has 0 aliphatic carbocycles. The zero-order valence-electron chi connectivity index (χ0n) is 20.8. The van der Waals surface area contributed by atoms with Gasteiger partial charge in [-0.3, -0.25) is 9.78 Å². The number of nitrogens with zero attached hydrogens (tertiary/aromatic N) is 4. The third-order valence-corrected chi connectivity index (χ3v) is 5.89. The standard InChI is InChI=1S/C27H28ClN5O5/c1-36-13-11-33(25(35)16-34)12-14-37-24-7-4-6-22-26(24)27(31-18-30-22)32-19-8-9-23(21(28)15-19)38-17-20-5-2-3-10-29-20/h2-10,15,18,34H,11-14,16-17H2,1H3,(H,30,31,32). The molecule has 4 aromatic rings. The Morgan fingerprint density at radius 3 is 2.63 bits per heavy atom. The summed E-state index contributed by atoms with van der Waals surface area (Å²) in [6, 6.07) is 16.5. The first-order chi connectivity index (χ1) is 18.6. The molecule has 2 heterocycles. The van der Waals surface area contributed by atoms with Crippen LogP contribution in [-0.4, -0.2) is 70.9 Å². The highest BCUT2D eigenvalue weighted by molar-refractivity contribution is 6.32. The van der Waals surface area contributed by atoms with Crippen LogP contribution in [0.4, 0.5) is 11.5 Å². The summed E-state index contributed by atoms with van der Waals surface area (Å²) in [7, 11) is 1.55. The van der Waals surface area contributed by atoms with Crippen molar-refractivity contribution in [3.05, 3.63) is 77.8 Å². The van der Waals surface area contributed by atoms with Crippen molar-refractivity contribution in [2.24, 2.45) is 0 Å². The van der Waals surface area contributed by atoms with E-state index in [9.17, 15) is 9.90 Å². The van der Waals surface area contributed by atoms with Gasteiger partial charge in [0.15, 0.2) is 0 Å². The van der Waals surface area contributed by atoms with E-state index in [1.165, 1.54) is 11.2 Å². The molecule has 0 saturated carbocycles. The zero-order valence-corrected chi connectivity index (χ0v) is 21.6. The second-order valence-corrected chi connectivity index (χ2v) is 8.54. The van der Waals surface area contributed by atoms with Gasteiger partial charge in [-0.15, -0.1) is 0 Å². The first-order valence-electron chi connectivity index (χ1n) is 11.9. The number of anilines is 2. The van der Waals surface area contributed by atoms with Crippen LogP contribution in [0.2, 0.25) is 5.02 Å². The molecule has 0 spiro atoms. The molecule has 198 valence electrons. The molecule has 0 unspecified atom stereocenters. The average Bonchev–Trinajstić information content (AvgIpc) is 2.94. The van der Waals surface area contributed by atoms with Crippen molar-refractivity contribution < 1.29 is 24.1 Å². The number of pyridine rings is 1. The fourth-order valence-corrected chi connectivity index (χ4v) is 3.92. The molecule has 2 N–H and O–H groups in total. The monoisotopic (exact) mass is 537 g/mol. The zero-order chi connectivity index (χ0) is 26.7. The van der Waals surface area contributed by atoms with Crippen LogP contribution in [0.1, 0.15) is 5.69 Å². The number of aliphatic hydroxyl groups excluding tert-OH is 1. The van der Waals surface area contributed by atoms with Crippen LogP contribution in [0.25, 0.3) is 10.9 Å². The fourth-order valence-electron chi connectivity index (χ4n) is 3.69. The molecule has 10 nitrogen and oxygen atoms in total. The number of hydrogen-bond donors (Lipinski definition) is 2. The van der Waals surface area contributed by atoms with Crippen LogP contribution >= 0.6 is 11.6 Å². The van der Waals surface area contributed by atoms with Crippen molar-refractivity contribution in [2.75, 3.05) is 45.3 Å². The normalized spacial score (nSPS) is 10.8. The number of carbonyl (C=O) groups is 1. The predicted octanol–water partition coefficient (Wildman–Crippen LogP) is 3.85. The van der Waals surface area contributed by atoms with E-state index in [0.717, 1.165) is 5.69 Å². The van der Waals surface area contributed by atoms with E-state index in [1.54, 1.807) is 25.4 Å². The Morgan fingerprint density at radius 2 is 1.87 bits per heavy atom. The summed E-state index contributed by atoms with van der Waals surface area (Å²) in [5.41, 5.74) is 2.19. The van der Waals surface area contributed by atoms with Gasteiger partial charge in [0.1, 0.15) is 43.5 Å². The number of fused-ring (bicyclic) bond motifs is 1. The van der Waals surface area contributed by atoms with Gasteiger partial charge in [0.05, 0.1) is 34.8 Å². The molecule has 0 radical (unpaired) electrons. The first kappa shape index (κ1) is 27.1. The lowest BCUT2D eigenvalue weighted by Gasteiger charge is -2.22. The number of hydrogen-bond acceptors (Lipinski definition) is 9. The largest absolute Gasteiger partial charge is 0.491 e. The predicted molar refractivity (Wildman–Crippen MR) is 144 cm³/mol. The van der Waals surface area contributed by atoms with Crippen LogP contribution in [0.3, 0.4) is 0 Å². The number of aromatic nitrogens is 3. The number of nitrogens with one attached hydrogen (secondary N) is 1. The SMILES string of the molecule is COCCN(CCOc1cccc2ncnc(Nc3ccc(OCc4ccccn4)c(Cl)c3)c12)C(=O)CO. The van der Waals surface area contributed by atoms with Crippen molar-refractivity contribution in [3.63, 3.8) is 0 Å². The molecule has 2 aromatic carbocycles. The lowest BCUT2D eigenvalue weighted by molar-refractivity contribution is -0.135. The Kier molecular flexibility index (Phi) is 9.63. The highest BCUT2D eigenvalue weighted by Crippen LogP contribution is 2.34. The first-order valence-corrected chi connectivity index (χ1v) is 12.3. The van der Waals surface area contributed by atoms with Crippen molar-refractivity contribution in [3.8, 4) is 11.5 Å². The molecule has 11 heteroatoms. The molecule has 0 atom stereocenters. The van der Waals surface area contributed by atoms with E-state index < -0.39 is 12.5 Å². The lowest BCUT2D eigenvalue weighted by atomic mass is 10.2. The number of benzene rings is 2. The summed E-state index contributed by atoms with van der Waals surface area (Å²) in [6.45, 7) is 0.930. The summed E-state index contributed by atoms with van der Waals surface area (Å²) in [6.07, 6.45) is 3.18. The summed E-state index contributed by atoms with van der Waals surface area (Å²) in [5.74, 6) is 1.23. The molecule has 0 aliphatic heterocycles. The van der Waals surface area contributed by atoms with E-state index >= 15 is 0 Å². The minimum absolute atomic E-state index is 0.205. The number of methoxy groups -OCH3 is 1. The minimum atomic E-state index is -0.574. The van der Waals surface area contributed by atoms with Crippen molar-refractivity contribution >= 4 is 39.9 Å². The Labute approximate surface area is 225 Å². The molecule has 0 fully saturated rings. The highest BCUT2D eigenvalue weighted by Gasteiger charge is 2.15. The number of amides is 1. The van der Waals surface area contributed by atoms with Gasteiger partial charge in [0, 0.05) is 25.5 Å². The smallest absolute Gasteiger partial charge is 0.248 e. The molecule has 38 heavy (non-hydrogen) atoms. The maximum Gasteiger partial charge on any atom is 0.248 e. The average molecular weight is 538 g/mol. The van der Waals surface area contributed by atoms with Gasteiger partial charge in [-0.1, -0.05) is 23.7 Å². The number of rotatable bonds is 13. The van der Waals surface area contributed by atoms with Crippen LogP contribution in [0.15, 0.2) is 67.1 Å². The molecule has 0 bridgehead atoms. The van der Waals surface area contributed by atoms with E-state index in [4.69, 9.17) is 25.8 Å².